The Kier molecular flexibility index (Phi) is 5.16. The molecule has 4 aromatic heterocycles. The Bertz CT molecular complexity index is 1430. The quantitative estimate of drug-likeness (QED) is 0.368. The van der Waals surface area contributed by atoms with Crippen molar-refractivity contribution in [1.82, 2.24) is 34.8 Å². The van der Waals surface area contributed by atoms with E-state index in [9.17, 15) is 4.79 Å². The SMILES string of the molecule is Nc1ncnc2c1ncn2Cc1cc(Cl)cc2cc(CNC(=O)Cc3cccnc3)[nH]c12. The monoisotopic (exact) mass is 446 g/mol. The van der Waals surface area contributed by atoms with E-state index in [1.807, 2.05) is 34.9 Å². The third-order valence-electron chi connectivity index (χ3n) is 5.16. The van der Waals surface area contributed by atoms with E-state index in [4.69, 9.17) is 17.3 Å². The summed E-state index contributed by atoms with van der Waals surface area (Å²) in [6.07, 6.45) is 6.76. The number of rotatable bonds is 6. The van der Waals surface area contributed by atoms with E-state index in [0.717, 1.165) is 27.7 Å². The minimum absolute atomic E-state index is 0.0722. The van der Waals surface area contributed by atoms with E-state index < -0.39 is 0 Å². The predicted molar refractivity (Wildman–Crippen MR) is 122 cm³/mol. The second kappa shape index (κ2) is 8.27. The predicted octanol–water partition coefficient (Wildman–Crippen LogP) is 2.85. The molecule has 4 N–H and O–H groups in total. The lowest BCUT2D eigenvalue weighted by Gasteiger charge is -2.07. The van der Waals surface area contributed by atoms with Crippen LogP contribution in [0, 0.1) is 0 Å². The van der Waals surface area contributed by atoms with E-state index in [1.54, 1.807) is 18.7 Å². The highest BCUT2D eigenvalue weighted by molar-refractivity contribution is 6.31. The number of aromatic nitrogens is 6. The highest BCUT2D eigenvalue weighted by Gasteiger charge is 2.13. The number of imidazole rings is 1. The fourth-order valence-corrected chi connectivity index (χ4v) is 3.95. The normalized spacial score (nSPS) is 11.3. The third kappa shape index (κ3) is 3.97. The first-order valence-electron chi connectivity index (χ1n) is 9.94. The van der Waals surface area contributed by atoms with Gasteiger partial charge in [-0.25, -0.2) is 15.0 Å². The molecule has 0 atom stereocenters. The van der Waals surface area contributed by atoms with Crippen molar-refractivity contribution in [2.45, 2.75) is 19.5 Å². The Morgan fingerprint density at radius 1 is 1.22 bits per heavy atom. The minimum atomic E-state index is -0.0722. The Hall–Kier alpha value is -3.98. The summed E-state index contributed by atoms with van der Waals surface area (Å²) < 4.78 is 1.90. The number of nitrogens with two attached hydrogens (primary N) is 1. The number of pyridine rings is 1. The highest BCUT2D eigenvalue weighted by Crippen LogP contribution is 2.26. The summed E-state index contributed by atoms with van der Waals surface area (Å²) in [5.74, 6) is 0.270. The molecule has 160 valence electrons. The number of hydrogen-bond donors (Lipinski definition) is 3. The number of carbonyl (C=O) groups is 1. The number of carbonyl (C=O) groups excluding carboxylic acids is 1. The lowest BCUT2D eigenvalue weighted by Crippen LogP contribution is -2.24. The van der Waals surface area contributed by atoms with Gasteiger partial charge < -0.3 is 20.6 Å². The lowest BCUT2D eigenvalue weighted by atomic mass is 10.1. The number of hydrogen-bond acceptors (Lipinski definition) is 6. The first-order valence-corrected chi connectivity index (χ1v) is 10.3. The summed E-state index contributed by atoms with van der Waals surface area (Å²) in [6, 6.07) is 9.48. The molecule has 0 radical (unpaired) electrons. The smallest absolute Gasteiger partial charge is 0.224 e. The van der Waals surface area contributed by atoms with Crippen LogP contribution in [-0.4, -0.2) is 35.4 Å². The van der Waals surface area contributed by atoms with Gasteiger partial charge in [0.25, 0.3) is 0 Å². The number of anilines is 1. The summed E-state index contributed by atoms with van der Waals surface area (Å²) in [6.45, 7) is 0.875. The van der Waals surface area contributed by atoms with Gasteiger partial charge in [-0.15, -0.1) is 0 Å². The molecule has 9 nitrogen and oxygen atoms in total. The number of halogens is 1. The number of amides is 1. The van der Waals surface area contributed by atoms with E-state index in [0.29, 0.717) is 35.1 Å². The standard InChI is InChI=1S/C22H19ClN8O/c23-16-5-14-7-17(9-26-18(32)4-13-2-1-3-25-8-13)30-19(14)15(6-16)10-31-12-29-20-21(24)27-11-28-22(20)31/h1-3,5-8,11-12,30H,4,9-10H2,(H,26,32)(H2,24,27,28). The number of fused-ring (bicyclic) bond motifs is 2. The van der Waals surface area contributed by atoms with Gasteiger partial charge in [-0.05, 0) is 35.4 Å². The van der Waals surface area contributed by atoms with Gasteiger partial charge in [0.15, 0.2) is 11.5 Å². The second-order valence-corrected chi connectivity index (χ2v) is 7.88. The van der Waals surface area contributed by atoms with Crippen molar-refractivity contribution in [3.8, 4) is 0 Å². The Balaban J connectivity index is 1.37. The zero-order valence-corrected chi connectivity index (χ0v) is 17.7. The van der Waals surface area contributed by atoms with Crippen molar-refractivity contribution in [3.05, 3.63) is 77.2 Å². The molecule has 0 aliphatic rings. The van der Waals surface area contributed by atoms with Crippen LogP contribution in [0.15, 0.2) is 55.4 Å². The fraction of sp³-hybridized carbons (Fsp3) is 0.136. The average Bonchev–Trinajstić information content (AvgIpc) is 3.38. The van der Waals surface area contributed by atoms with Gasteiger partial charge in [0, 0.05) is 28.5 Å². The van der Waals surface area contributed by atoms with Crippen molar-refractivity contribution < 1.29 is 4.79 Å². The summed E-state index contributed by atoms with van der Waals surface area (Å²) in [7, 11) is 0. The molecule has 0 fully saturated rings. The van der Waals surface area contributed by atoms with Crippen molar-refractivity contribution >= 4 is 45.4 Å². The average molecular weight is 447 g/mol. The molecule has 10 heteroatoms. The number of aromatic amines is 1. The number of nitrogens with one attached hydrogen (secondary N) is 2. The lowest BCUT2D eigenvalue weighted by molar-refractivity contribution is -0.120. The minimum Gasteiger partial charge on any atom is -0.382 e. The molecule has 32 heavy (non-hydrogen) atoms. The van der Waals surface area contributed by atoms with Crippen LogP contribution in [0.3, 0.4) is 0 Å². The Morgan fingerprint density at radius 3 is 2.97 bits per heavy atom. The Labute approximate surface area is 187 Å². The molecule has 5 rings (SSSR count). The van der Waals surface area contributed by atoms with Crippen molar-refractivity contribution in [2.75, 3.05) is 5.73 Å². The highest BCUT2D eigenvalue weighted by atomic mass is 35.5. The van der Waals surface area contributed by atoms with E-state index in [1.165, 1.54) is 6.33 Å². The summed E-state index contributed by atoms with van der Waals surface area (Å²) >= 11 is 6.37. The van der Waals surface area contributed by atoms with Crippen molar-refractivity contribution in [2.24, 2.45) is 0 Å². The summed E-state index contributed by atoms with van der Waals surface area (Å²) in [5.41, 5.74) is 10.8. The van der Waals surface area contributed by atoms with Gasteiger partial charge in [-0.3, -0.25) is 9.78 Å². The van der Waals surface area contributed by atoms with Gasteiger partial charge in [0.2, 0.25) is 5.91 Å². The van der Waals surface area contributed by atoms with Crippen LogP contribution in [0.5, 0.6) is 0 Å². The molecule has 0 aliphatic heterocycles. The molecule has 0 aliphatic carbocycles. The molecule has 1 aromatic carbocycles. The molecule has 0 spiro atoms. The first-order chi connectivity index (χ1) is 15.6. The number of nitrogen functional groups attached to an aromatic ring is 1. The van der Waals surface area contributed by atoms with Gasteiger partial charge in [0.05, 0.1) is 31.4 Å². The topological polar surface area (TPSA) is 127 Å². The number of H-pyrrole nitrogens is 1. The molecule has 0 saturated heterocycles. The van der Waals surface area contributed by atoms with Crippen LogP contribution in [-0.2, 0) is 24.3 Å². The molecule has 0 unspecified atom stereocenters. The molecular formula is C22H19ClN8O. The van der Waals surface area contributed by atoms with Gasteiger partial charge in [-0.2, -0.15) is 0 Å². The van der Waals surface area contributed by atoms with E-state index in [-0.39, 0.29) is 12.3 Å². The van der Waals surface area contributed by atoms with E-state index >= 15 is 0 Å². The molecular weight excluding hydrogens is 428 g/mol. The maximum absolute atomic E-state index is 12.3. The van der Waals surface area contributed by atoms with Crippen LogP contribution in [0.2, 0.25) is 5.02 Å². The largest absolute Gasteiger partial charge is 0.382 e. The summed E-state index contributed by atoms with van der Waals surface area (Å²) in [4.78, 5) is 32.3. The molecule has 5 aromatic rings. The number of nitrogens with zero attached hydrogens (tertiary/aromatic N) is 5. The van der Waals surface area contributed by atoms with Gasteiger partial charge in [0.1, 0.15) is 11.8 Å². The third-order valence-corrected chi connectivity index (χ3v) is 5.38. The molecule has 0 saturated carbocycles. The Morgan fingerprint density at radius 2 is 2.12 bits per heavy atom. The van der Waals surface area contributed by atoms with Crippen LogP contribution in [0.25, 0.3) is 22.1 Å². The molecule has 0 bridgehead atoms. The number of benzene rings is 1. The van der Waals surface area contributed by atoms with Crippen LogP contribution in [0.4, 0.5) is 5.82 Å². The van der Waals surface area contributed by atoms with E-state index in [2.05, 4.69) is 30.2 Å². The van der Waals surface area contributed by atoms with Crippen molar-refractivity contribution in [1.29, 1.82) is 0 Å². The molecule has 1 amide bonds. The van der Waals surface area contributed by atoms with Crippen LogP contribution >= 0.6 is 11.6 Å². The fourth-order valence-electron chi connectivity index (χ4n) is 3.70. The maximum atomic E-state index is 12.3. The van der Waals surface area contributed by atoms with Crippen molar-refractivity contribution in [3.63, 3.8) is 0 Å². The maximum Gasteiger partial charge on any atom is 0.224 e. The zero-order chi connectivity index (χ0) is 22.1. The summed E-state index contributed by atoms with van der Waals surface area (Å²) in [5, 5.41) is 4.52. The van der Waals surface area contributed by atoms with Gasteiger partial charge in [-0.1, -0.05) is 17.7 Å². The van der Waals surface area contributed by atoms with Crippen LogP contribution in [0.1, 0.15) is 16.8 Å². The van der Waals surface area contributed by atoms with Crippen LogP contribution < -0.4 is 11.1 Å². The van der Waals surface area contributed by atoms with Gasteiger partial charge >= 0.3 is 0 Å². The first kappa shape index (κ1) is 20.0. The molecule has 4 heterocycles. The second-order valence-electron chi connectivity index (χ2n) is 7.44. The zero-order valence-electron chi connectivity index (χ0n) is 16.9.